The molecule has 1 saturated carbocycles. The highest BCUT2D eigenvalue weighted by atomic mass is 16.6. The van der Waals surface area contributed by atoms with Crippen molar-refractivity contribution >= 4 is 23.4 Å². The Hall–Kier alpha value is -2.08. The molecule has 2 amide bonds. The molecule has 2 N–H and O–H groups in total. The van der Waals surface area contributed by atoms with Crippen LogP contribution in [0.1, 0.15) is 32.1 Å². The molecular weight excluding hydrogens is 296 g/mol. The minimum atomic E-state index is -0.544. The van der Waals surface area contributed by atoms with Crippen LogP contribution in [-0.2, 0) is 14.3 Å². The molecular formula is C17H24N2O4. The van der Waals surface area contributed by atoms with Crippen LogP contribution in [-0.4, -0.2) is 32.3 Å². The van der Waals surface area contributed by atoms with Gasteiger partial charge < -0.3 is 14.8 Å². The monoisotopic (exact) mass is 320 g/mol. The Bertz CT molecular complexity index is 527. The Morgan fingerprint density at radius 1 is 1.09 bits per heavy atom. The highest BCUT2D eigenvalue weighted by molar-refractivity contribution is 5.93. The van der Waals surface area contributed by atoms with Gasteiger partial charge in [-0.05, 0) is 31.0 Å². The fourth-order valence-electron chi connectivity index (χ4n) is 2.66. The van der Waals surface area contributed by atoms with Gasteiger partial charge in [0, 0.05) is 24.4 Å². The lowest BCUT2D eigenvalue weighted by Gasteiger charge is -2.20. The van der Waals surface area contributed by atoms with Crippen molar-refractivity contribution in [3.8, 4) is 0 Å². The van der Waals surface area contributed by atoms with Crippen molar-refractivity contribution in [3.05, 3.63) is 24.3 Å². The zero-order chi connectivity index (χ0) is 16.5. The van der Waals surface area contributed by atoms with Crippen LogP contribution < -0.4 is 10.6 Å². The van der Waals surface area contributed by atoms with Gasteiger partial charge in [0.05, 0.1) is 6.61 Å². The minimum Gasteiger partial charge on any atom is -0.447 e. The van der Waals surface area contributed by atoms with Crippen LogP contribution in [0.3, 0.4) is 0 Å². The predicted molar refractivity (Wildman–Crippen MR) is 88.5 cm³/mol. The maximum Gasteiger partial charge on any atom is 0.411 e. The number of benzene rings is 1. The summed E-state index contributed by atoms with van der Waals surface area (Å²) in [5.41, 5.74) is 1.25. The second-order valence-corrected chi connectivity index (χ2v) is 5.66. The highest BCUT2D eigenvalue weighted by Gasteiger charge is 2.21. The summed E-state index contributed by atoms with van der Waals surface area (Å²) in [7, 11) is 1.54. The second-order valence-electron chi connectivity index (χ2n) is 5.66. The highest BCUT2D eigenvalue weighted by Crippen LogP contribution is 2.25. The lowest BCUT2D eigenvalue weighted by atomic mass is 9.88. The maximum absolute atomic E-state index is 12.2. The molecule has 1 aromatic rings. The smallest absolute Gasteiger partial charge is 0.411 e. The number of hydrogen-bond donors (Lipinski definition) is 2. The number of nitrogens with one attached hydrogen (secondary N) is 2. The summed E-state index contributed by atoms with van der Waals surface area (Å²) in [4.78, 5) is 23.8. The first-order chi connectivity index (χ1) is 11.2. The van der Waals surface area contributed by atoms with Crippen molar-refractivity contribution in [2.75, 3.05) is 31.0 Å². The normalized spacial score (nSPS) is 15.0. The summed E-state index contributed by atoms with van der Waals surface area (Å²) >= 11 is 0. The molecule has 0 atom stereocenters. The van der Waals surface area contributed by atoms with Gasteiger partial charge >= 0.3 is 6.09 Å². The molecule has 0 aliphatic heterocycles. The van der Waals surface area contributed by atoms with Crippen LogP contribution in [0.2, 0.25) is 0 Å². The first kappa shape index (κ1) is 17.3. The Balaban J connectivity index is 1.86. The number of ether oxygens (including phenoxy) is 2. The third kappa shape index (κ3) is 5.90. The van der Waals surface area contributed by atoms with Crippen molar-refractivity contribution in [3.63, 3.8) is 0 Å². The Morgan fingerprint density at radius 3 is 2.48 bits per heavy atom. The Kier molecular flexibility index (Phi) is 6.87. The molecule has 1 aromatic carbocycles. The fraction of sp³-hybridized carbons (Fsp3) is 0.529. The number of methoxy groups -OCH3 is 1. The quantitative estimate of drug-likeness (QED) is 0.788. The largest absolute Gasteiger partial charge is 0.447 e. The Labute approximate surface area is 136 Å². The Morgan fingerprint density at radius 2 is 1.78 bits per heavy atom. The van der Waals surface area contributed by atoms with Crippen molar-refractivity contribution in [1.82, 2.24) is 0 Å². The number of rotatable bonds is 6. The zero-order valence-electron chi connectivity index (χ0n) is 13.5. The van der Waals surface area contributed by atoms with E-state index in [0.29, 0.717) is 18.0 Å². The van der Waals surface area contributed by atoms with Gasteiger partial charge in [-0.3, -0.25) is 10.1 Å². The van der Waals surface area contributed by atoms with Gasteiger partial charge in [0.25, 0.3) is 0 Å². The molecule has 6 nitrogen and oxygen atoms in total. The standard InChI is InChI=1S/C17H24N2O4/c1-22-10-11-23-17(21)19-15-9-5-8-14(12-15)18-16(20)13-6-3-2-4-7-13/h5,8-9,12-13H,2-4,6-7,10-11H2,1H3,(H,18,20)(H,19,21). The van der Waals surface area contributed by atoms with Gasteiger partial charge in [-0.15, -0.1) is 0 Å². The third-order valence-corrected chi connectivity index (χ3v) is 3.87. The lowest BCUT2D eigenvalue weighted by molar-refractivity contribution is -0.120. The molecule has 126 valence electrons. The summed E-state index contributed by atoms with van der Waals surface area (Å²) < 4.78 is 9.75. The summed E-state index contributed by atoms with van der Waals surface area (Å²) in [6.45, 7) is 0.547. The van der Waals surface area contributed by atoms with Crippen LogP contribution in [0.25, 0.3) is 0 Å². The van der Waals surface area contributed by atoms with Crippen LogP contribution in [0.4, 0.5) is 16.2 Å². The van der Waals surface area contributed by atoms with E-state index < -0.39 is 6.09 Å². The average molecular weight is 320 g/mol. The number of anilines is 2. The molecule has 1 aliphatic rings. The van der Waals surface area contributed by atoms with Crippen molar-refractivity contribution in [2.24, 2.45) is 5.92 Å². The minimum absolute atomic E-state index is 0.0597. The van der Waals surface area contributed by atoms with Gasteiger partial charge in [-0.1, -0.05) is 25.3 Å². The molecule has 0 spiro atoms. The van der Waals surface area contributed by atoms with E-state index in [-0.39, 0.29) is 18.4 Å². The summed E-state index contributed by atoms with van der Waals surface area (Å²) in [6.07, 6.45) is 4.82. The summed E-state index contributed by atoms with van der Waals surface area (Å²) in [5.74, 6) is 0.156. The van der Waals surface area contributed by atoms with Crippen molar-refractivity contribution in [1.29, 1.82) is 0 Å². The topological polar surface area (TPSA) is 76.7 Å². The van der Waals surface area contributed by atoms with Gasteiger partial charge in [0.15, 0.2) is 0 Å². The van der Waals surface area contributed by atoms with E-state index in [1.807, 2.05) is 6.07 Å². The SMILES string of the molecule is COCCOC(=O)Nc1cccc(NC(=O)C2CCCCC2)c1. The van der Waals surface area contributed by atoms with E-state index in [0.717, 1.165) is 25.7 Å². The third-order valence-electron chi connectivity index (χ3n) is 3.87. The second kappa shape index (κ2) is 9.15. The molecule has 0 radical (unpaired) electrons. The van der Waals surface area contributed by atoms with E-state index >= 15 is 0 Å². The summed E-state index contributed by atoms with van der Waals surface area (Å²) in [5, 5.41) is 5.55. The van der Waals surface area contributed by atoms with Gasteiger partial charge in [-0.2, -0.15) is 0 Å². The van der Waals surface area contributed by atoms with Crippen molar-refractivity contribution < 1.29 is 19.1 Å². The van der Waals surface area contributed by atoms with Crippen LogP contribution in [0, 0.1) is 5.92 Å². The molecule has 2 rings (SSSR count). The lowest BCUT2D eigenvalue weighted by Crippen LogP contribution is -2.24. The number of carbonyl (C=O) groups is 2. The van der Waals surface area contributed by atoms with E-state index in [4.69, 9.17) is 9.47 Å². The van der Waals surface area contributed by atoms with Crippen LogP contribution in [0.15, 0.2) is 24.3 Å². The number of hydrogen-bond acceptors (Lipinski definition) is 4. The van der Waals surface area contributed by atoms with Gasteiger partial charge in [0.2, 0.25) is 5.91 Å². The van der Waals surface area contributed by atoms with Gasteiger partial charge in [0.1, 0.15) is 6.61 Å². The summed E-state index contributed by atoms with van der Waals surface area (Å²) in [6, 6.07) is 7.05. The molecule has 6 heteroatoms. The van der Waals surface area contributed by atoms with E-state index in [9.17, 15) is 9.59 Å². The molecule has 1 aliphatic carbocycles. The predicted octanol–water partition coefficient (Wildman–Crippen LogP) is 3.40. The average Bonchev–Trinajstić information content (AvgIpc) is 2.56. The maximum atomic E-state index is 12.2. The molecule has 0 aromatic heterocycles. The molecule has 0 heterocycles. The van der Waals surface area contributed by atoms with E-state index in [1.54, 1.807) is 25.3 Å². The first-order valence-corrected chi connectivity index (χ1v) is 8.02. The first-order valence-electron chi connectivity index (χ1n) is 8.02. The molecule has 0 unspecified atom stereocenters. The molecule has 23 heavy (non-hydrogen) atoms. The van der Waals surface area contributed by atoms with E-state index in [2.05, 4.69) is 10.6 Å². The molecule has 0 bridgehead atoms. The van der Waals surface area contributed by atoms with Gasteiger partial charge in [-0.25, -0.2) is 4.79 Å². The zero-order valence-corrected chi connectivity index (χ0v) is 13.5. The van der Waals surface area contributed by atoms with Crippen molar-refractivity contribution in [2.45, 2.75) is 32.1 Å². The van der Waals surface area contributed by atoms with Crippen LogP contribution >= 0.6 is 0 Å². The fourth-order valence-corrected chi connectivity index (χ4v) is 2.66. The van der Waals surface area contributed by atoms with E-state index in [1.165, 1.54) is 6.42 Å². The number of amides is 2. The van der Waals surface area contributed by atoms with Crippen LogP contribution in [0.5, 0.6) is 0 Å². The molecule has 0 saturated heterocycles. The molecule has 1 fully saturated rings. The number of carbonyl (C=O) groups excluding carboxylic acids is 2.